The van der Waals surface area contributed by atoms with Gasteiger partial charge in [-0.3, -0.25) is 9.69 Å². The fourth-order valence-corrected chi connectivity index (χ4v) is 3.78. The summed E-state index contributed by atoms with van der Waals surface area (Å²) in [6, 6.07) is 4.02. The number of likely N-dealkylation sites (tertiary alicyclic amines) is 1. The molecule has 7 heteroatoms. The summed E-state index contributed by atoms with van der Waals surface area (Å²) in [5, 5.41) is 8.66. The normalized spacial score (nSPS) is 21.5. The molecule has 0 aromatic carbocycles. The Hall–Kier alpha value is -2.15. The van der Waals surface area contributed by atoms with Gasteiger partial charge in [-0.2, -0.15) is 0 Å². The van der Waals surface area contributed by atoms with Gasteiger partial charge in [0.2, 0.25) is 11.8 Å². The molecule has 26 heavy (non-hydrogen) atoms. The highest BCUT2D eigenvalue weighted by Crippen LogP contribution is 2.37. The zero-order valence-corrected chi connectivity index (χ0v) is 15.6. The van der Waals surface area contributed by atoms with Gasteiger partial charge < -0.3 is 14.3 Å². The Kier molecular flexibility index (Phi) is 4.80. The number of nitrogens with zero attached hydrogens (tertiary/aromatic N) is 4. The number of nitrogens with one attached hydrogen (secondary N) is 1. The first-order valence-electron chi connectivity index (χ1n) is 9.58. The van der Waals surface area contributed by atoms with E-state index in [-0.39, 0.29) is 11.9 Å². The first-order chi connectivity index (χ1) is 12.6. The lowest BCUT2D eigenvalue weighted by molar-refractivity contribution is 0.0821. The average Bonchev–Trinajstić information content (AvgIpc) is 3.23. The molecule has 1 atom stereocenters. The second-order valence-electron chi connectivity index (χ2n) is 7.69. The third-order valence-electron chi connectivity index (χ3n) is 5.57. The third-order valence-corrected chi connectivity index (χ3v) is 5.57. The van der Waals surface area contributed by atoms with Crippen LogP contribution in [0.1, 0.15) is 78.4 Å². The van der Waals surface area contributed by atoms with Crippen LogP contribution in [0.25, 0.3) is 0 Å². The summed E-state index contributed by atoms with van der Waals surface area (Å²) < 4.78 is 6.04. The van der Waals surface area contributed by atoms with E-state index in [2.05, 4.69) is 20.1 Å². The Morgan fingerprint density at radius 2 is 2.00 bits per heavy atom. The maximum Gasteiger partial charge on any atom is 0.269 e. The number of carbonyl (C=O) groups is 1. The molecule has 3 heterocycles. The number of carbonyl (C=O) groups excluding carboxylic acids is 1. The van der Waals surface area contributed by atoms with Crippen molar-refractivity contribution in [3.05, 3.63) is 35.3 Å². The van der Waals surface area contributed by atoms with Crippen LogP contribution in [0.2, 0.25) is 0 Å². The number of H-pyrrole nitrogens is 1. The van der Waals surface area contributed by atoms with E-state index in [9.17, 15) is 4.79 Å². The van der Waals surface area contributed by atoms with Crippen LogP contribution in [0.5, 0.6) is 0 Å². The van der Waals surface area contributed by atoms with E-state index >= 15 is 0 Å². The molecule has 0 spiro atoms. The second-order valence-corrected chi connectivity index (χ2v) is 7.69. The van der Waals surface area contributed by atoms with Crippen molar-refractivity contribution in [2.24, 2.45) is 0 Å². The molecule has 140 valence electrons. The molecular formula is C19H27N5O2. The molecule has 7 nitrogen and oxygen atoms in total. The minimum absolute atomic E-state index is 0.00603. The molecule has 1 amide bonds. The monoisotopic (exact) mass is 357 g/mol. The van der Waals surface area contributed by atoms with E-state index in [1.165, 1.54) is 32.1 Å². The molecule has 0 bridgehead atoms. The van der Waals surface area contributed by atoms with E-state index in [1.54, 1.807) is 19.0 Å². The van der Waals surface area contributed by atoms with Crippen LogP contribution in [-0.2, 0) is 6.54 Å². The van der Waals surface area contributed by atoms with E-state index in [0.29, 0.717) is 11.6 Å². The van der Waals surface area contributed by atoms with Crippen molar-refractivity contribution in [1.82, 2.24) is 25.0 Å². The van der Waals surface area contributed by atoms with Crippen molar-refractivity contribution >= 4 is 5.91 Å². The van der Waals surface area contributed by atoms with Gasteiger partial charge in [0.15, 0.2) is 0 Å². The van der Waals surface area contributed by atoms with Gasteiger partial charge in [0, 0.05) is 32.3 Å². The summed E-state index contributed by atoms with van der Waals surface area (Å²) in [5.41, 5.74) is 1.67. The fraction of sp³-hybridized carbons (Fsp3) is 0.632. The first-order valence-corrected chi connectivity index (χ1v) is 9.58. The van der Waals surface area contributed by atoms with Gasteiger partial charge in [-0.1, -0.05) is 12.8 Å². The lowest BCUT2D eigenvalue weighted by atomic mass is 9.85. The number of hydrogen-bond acceptors (Lipinski definition) is 5. The zero-order chi connectivity index (χ0) is 18.1. The maximum atomic E-state index is 12.1. The molecule has 2 aromatic heterocycles. The van der Waals surface area contributed by atoms with Gasteiger partial charge >= 0.3 is 0 Å². The van der Waals surface area contributed by atoms with Crippen molar-refractivity contribution in [2.45, 2.75) is 57.0 Å². The van der Waals surface area contributed by atoms with E-state index in [1.807, 2.05) is 12.1 Å². The molecule has 0 radical (unpaired) electrons. The molecule has 2 aliphatic rings. The molecule has 1 saturated carbocycles. The summed E-state index contributed by atoms with van der Waals surface area (Å²) >= 11 is 0. The van der Waals surface area contributed by atoms with Gasteiger partial charge in [-0.05, 0) is 44.4 Å². The molecule has 2 fully saturated rings. The molecule has 1 aliphatic carbocycles. The second kappa shape index (κ2) is 7.23. The molecular weight excluding hydrogens is 330 g/mol. The Morgan fingerprint density at radius 3 is 2.73 bits per heavy atom. The summed E-state index contributed by atoms with van der Waals surface area (Å²) in [5.74, 6) is 2.03. The van der Waals surface area contributed by atoms with Crippen LogP contribution < -0.4 is 0 Å². The summed E-state index contributed by atoms with van der Waals surface area (Å²) in [6.07, 6.45) is 6.99. The number of rotatable bonds is 5. The van der Waals surface area contributed by atoms with Crippen molar-refractivity contribution < 1.29 is 9.21 Å². The maximum absolute atomic E-state index is 12.1. The smallest absolute Gasteiger partial charge is 0.269 e. The van der Waals surface area contributed by atoms with Gasteiger partial charge in [0.25, 0.3) is 5.91 Å². The predicted molar refractivity (Wildman–Crippen MR) is 96.7 cm³/mol. The molecule has 1 aliphatic heterocycles. The van der Waals surface area contributed by atoms with Crippen molar-refractivity contribution in [3.8, 4) is 0 Å². The summed E-state index contributed by atoms with van der Waals surface area (Å²) in [7, 11) is 3.53. The largest absolute Gasteiger partial charge is 0.423 e. The summed E-state index contributed by atoms with van der Waals surface area (Å²) in [6.45, 7) is 1.76. The lowest BCUT2D eigenvalue weighted by Crippen LogP contribution is -2.33. The van der Waals surface area contributed by atoms with Crippen LogP contribution >= 0.6 is 0 Å². The number of amides is 1. The van der Waals surface area contributed by atoms with Gasteiger partial charge in [0.1, 0.15) is 5.69 Å². The van der Waals surface area contributed by atoms with Crippen LogP contribution in [-0.4, -0.2) is 51.5 Å². The standard InChI is InChI=1S/C19H27N5O2/c1-23(2)19(25)15-10-9-14(20-15)12-24-11-4-3-8-16(24)18-22-21-17(26-18)13-6-5-7-13/h9-10,13,16,20H,3-8,11-12H2,1-2H3/t16-/m1/s1. The van der Waals surface area contributed by atoms with Crippen LogP contribution in [0, 0.1) is 0 Å². The SMILES string of the molecule is CN(C)C(=O)c1ccc(CN2CCCC[C@@H]2c2nnc(C3CCC3)o2)[nH]1. The highest BCUT2D eigenvalue weighted by Gasteiger charge is 2.31. The molecule has 1 N–H and O–H groups in total. The molecule has 2 aromatic rings. The van der Waals surface area contributed by atoms with Crippen LogP contribution in [0.4, 0.5) is 0 Å². The van der Waals surface area contributed by atoms with E-state index in [4.69, 9.17) is 4.42 Å². The molecule has 4 rings (SSSR count). The van der Waals surface area contributed by atoms with Gasteiger partial charge in [0.05, 0.1) is 6.04 Å². The third kappa shape index (κ3) is 3.40. The summed E-state index contributed by atoms with van der Waals surface area (Å²) in [4.78, 5) is 19.3. The highest BCUT2D eigenvalue weighted by atomic mass is 16.4. The quantitative estimate of drug-likeness (QED) is 0.890. The van der Waals surface area contributed by atoms with Crippen molar-refractivity contribution in [2.75, 3.05) is 20.6 Å². The minimum Gasteiger partial charge on any atom is -0.423 e. The topological polar surface area (TPSA) is 78.3 Å². The molecule has 0 unspecified atom stereocenters. The zero-order valence-electron chi connectivity index (χ0n) is 15.6. The number of aromatic amines is 1. The van der Waals surface area contributed by atoms with E-state index in [0.717, 1.165) is 37.0 Å². The first kappa shape index (κ1) is 17.3. The minimum atomic E-state index is -0.00603. The lowest BCUT2D eigenvalue weighted by Gasteiger charge is -2.33. The predicted octanol–water partition coefficient (Wildman–Crippen LogP) is 3.09. The Balaban J connectivity index is 1.47. The van der Waals surface area contributed by atoms with Crippen molar-refractivity contribution in [3.63, 3.8) is 0 Å². The van der Waals surface area contributed by atoms with Crippen LogP contribution in [0.3, 0.4) is 0 Å². The van der Waals surface area contributed by atoms with Gasteiger partial charge in [-0.15, -0.1) is 10.2 Å². The Labute approximate surface area is 153 Å². The number of aromatic nitrogens is 3. The number of piperidine rings is 1. The van der Waals surface area contributed by atoms with Crippen LogP contribution in [0.15, 0.2) is 16.5 Å². The fourth-order valence-electron chi connectivity index (χ4n) is 3.78. The van der Waals surface area contributed by atoms with Gasteiger partial charge in [-0.25, -0.2) is 0 Å². The highest BCUT2D eigenvalue weighted by molar-refractivity contribution is 5.92. The van der Waals surface area contributed by atoms with Crippen molar-refractivity contribution in [1.29, 1.82) is 0 Å². The van der Waals surface area contributed by atoms with E-state index < -0.39 is 0 Å². The Bertz CT molecular complexity index is 762. The Morgan fingerprint density at radius 1 is 1.19 bits per heavy atom. The number of hydrogen-bond donors (Lipinski definition) is 1. The average molecular weight is 357 g/mol. The molecule has 1 saturated heterocycles.